The van der Waals surface area contributed by atoms with Gasteiger partial charge in [0, 0.05) is 0 Å². The molecule has 0 aliphatic heterocycles. The molecule has 4 amide bonds. The first-order chi connectivity index (χ1) is 11.1. The molecule has 136 valence electrons. The molecule has 0 aliphatic carbocycles. The van der Waals surface area contributed by atoms with E-state index in [2.05, 4.69) is 10.6 Å². The second kappa shape index (κ2) is 10.1. The van der Waals surface area contributed by atoms with Crippen molar-refractivity contribution in [3.63, 3.8) is 0 Å². The van der Waals surface area contributed by atoms with Crippen molar-refractivity contribution in [2.75, 3.05) is 13.1 Å². The van der Waals surface area contributed by atoms with Crippen LogP contribution in [0, 0.1) is 0 Å². The van der Waals surface area contributed by atoms with Gasteiger partial charge in [0.2, 0.25) is 23.6 Å². The number of carbonyl (C=O) groups excluding carboxylic acids is 4. The zero-order chi connectivity index (χ0) is 18.9. The third-order valence-electron chi connectivity index (χ3n) is 2.73. The van der Waals surface area contributed by atoms with Crippen molar-refractivity contribution in [1.82, 2.24) is 16.0 Å². The molecule has 0 spiro atoms. The summed E-state index contributed by atoms with van der Waals surface area (Å²) in [6, 6.07) is -2.87. The molecule has 24 heavy (non-hydrogen) atoms. The van der Waals surface area contributed by atoms with Crippen LogP contribution in [0.2, 0.25) is 0 Å². The Morgan fingerprint density at radius 3 is 2.08 bits per heavy atom. The van der Waals surface area contributed by atoms with E-state index in [-0.39, 0.29) is 0 Å². The van der Waals surface area contributed by atoms with Crippen LogP contribution in [0.15, 0.2) is 0 Å². The van der Waals surface area contributed by atoms with Gasteiger partial charge in [-0.1, -0.05) is 0 Å². The molecule has 0 aromatic rings. The van der Waals surface area contributed by atoms with Gasteiger partial charge in [-0.15, -0.1) is 0 Å². The molecule has 0 fully saturated rings. The van der Waals surface area contributed by atoms with E-state index in [4.69, 9.17) is 16.6 Å². The number of hydrogen-bond donors (Lipinski definition) is 7. The second-order valence-corrected chi connectivity index (χ2v) is 4.84. The quantitative estimate of drug-likeness (QED) is 0.203. The number of aliphatic hydroxyl groups is 1. The van der Waals surface area contributed by atoms with E-state index >= 15 is 0 Å². The van der Waals surface area contributed by atoms with Crippen molar-refractivity contribution in [3.8, 4) is 0 Å². The first-order valence-electron chi connectivity index (χ1n) is 6.84. The summed E-state index contributed by atoms with van der Waals surface area (Å²) < 4.78 is 0. The average Bonchev–Trinajstić information content (AvgIpc) is 2.48. The molecular formula is C12H21N5O7. The van der Waals surface area contributed by atoms with E-state index in [0.29, 0.717) is 0 Å². The minimum Gasteiger partial charge on any atom is -0.480 e. The summed E-state index contributed by atoms with van der Waals surface area (Å²) in [5, 5.41) is 24.6. The Balaban J connectivity index is 4.60. The van der Waals surface area contributed by atoms with Crippen LogP contribution in [0.5, 0.6) is 0 Å². The fourth-order valence-electron chi connectivity index (χ4n) is 1.56. The maximum atomic E-state index is 11.8. The fourth-order valence-corrected chi connectivity index (χ4v) is 1.56. The normalized spacial score (nSPS) is 14.0. The standard InChI is InChI=1S/C12H21N5O7/c1-5(18)10(17-8(20)3-13)11(22)15-4-9(21)16-6(12(23)24)2-7(14)19/h5-6,10,18H,2-4,13H2,1H3,(H2,14,19)(H,15,22)(H,16,21)(H,17,20)(H,23,24). The summed E-state index contributed by atoms with van der Waals surface area (Å²) in [6.45, 7) is 0.210. The lowest BCUT2D eigenvalue weighted by atomic mass is 10.1. The molecule has 0 heterocycles. The molecule has 0 aromatic heterocycles. The monoisotopic (exact) mass is 347 g/mol. The molecule has 12 nitrogen and oxygen atoms in total. The predicted molar refractivity (Wildman–Crippen MR) is 79.1 cm³/mol. The first-order valence-corrected chi connectivity index (χ1v) is 6.84. The SMILES string of the molecule is CC(O)C(NC(=O)CN)C(=O)NCC(=O)NC(CC(N)=O)C(=O)O. The third-order valence-corrected chi connectivity index (χ3v) is 2.73. The molecule has 9 N–H and O–H groups in total. The summed E-state index contributed by atoms with van der Waals surface area (Å²) in [7, 11) is 0. The number of amides is 4. The Morgan fingerprint density at radius 1 is 1.08 bits per heavy atom. The Bertz CT molecular complexity index is 508. The molecule has 12 heteroatoms. The summed E-state index contributed by atoms with van der Waals surface area (Å²) >= 11 is 0. The zero-order valence-electron chi connectivity index (χ0n) is 12.9. The number of aliphatic hydroxyl groups excluding tert-OH is 1. The molecule has 3 atom stereocenters. The molecule has 0 aliphatic rings. The van der Waals surface area contributed by atoms with Gasteiger partial charge in [-0.3, -0.25) is 19.2 Å². The van der Waals surface area contributed by atoms with Crippen LogP contribution < -0.4 is 27.4 Å². The van der Waals surface area contributed by atoms with Gasteiger partial charge in [0.25, 0.3) is 0 Å². The number of rotatable bonds is 10. The van der Waals surface area contributed by atoms with Gasteiger partial charge in [-0.2, -0.15) is 0 Å². The third kappa shape index (κ3) is 8.05. The number of carboxylic acid groups (broad SMARTS) is 1. The van der Waals surface area contributed by atoms with E-state index in [1.165, 1.54) is 6.92 Å². The molecule has 0 saturated heterocycles. The van der Waals surface area contributed by atoms with Crippen LogP contribution in [0.1, 0.15) is 13.3 Å². The first kappa shape index (κ1) is 21.3. The van der Waals surface area contributed by atoms with E-state index in [1.54, 1.807) is 0 Å². The topological polar surface area (TPSA) is 214 Å². The Morgan fingerprint density at radius 2 is 1.67 bits per heavy atom. The lowest BCUT2D eigenvalue weighted by molar-refractivity contribution is -0.143. The zero-order valence-corrected chi connectivity index (χ0v) is 12.9. The van der Waals surface area contributed by atoms with E-state index in [0.717, 1.165) is 0 Å². The molecule has 3 unspecified atom stereocenters. The lowest BCUT2D eigenvalue weighted by Gasteiger charge is -2.20. The average molecular weight is 347 g/mol. The molecule has 0 aromatic carbocycles. The summed E-state index contributed by atoms with van der Waals surface area (Å²) in [6.07, 6.45) is -1.87. The van der Waals surface area contributed by atoms with Crippen molar-refractivity contribution in [2.24, 2.45) is 11.5 Å². The highest BCUT2D eigenvalue weighted by molar-refractivity contribution is 5.93. The number of primary amides is 1. The number of carboxylic acids is 1. The molecular weight excluding hydrogens is 326 g/mol. The van der Waals surface area contributed by atoms with Gasteiger partial charge in [0.1, 0.15) is 12.1 Å². The van der Waals surface area contributed by atoms with Gasteiger partial charge in [0.15, 0.2) is 0 Å². The van der Waals surface area contributed by atoms with Crippen molar-refractivity contribution >= 4 is 29.6 Å². The van der Waals surface area contributed by atoms with E-state index < -0.39 is 67.3 Å². The Hall–Kier alpha value is -2.73. The highest BCUT2D eigenvalue weighted by Gasteiger charge is 2.26. The number of nitrogens with one attached hydrogen (secondary N) is 3. The van der Waals surface area contributed by atoms with Gasteiger partial charge in [-0.25, -0.2) is 4.79 Å². The number of aliphatic carboxylic acids is 1. The fraction of sp³-hybridized carbons (Fsp3) is 0.583. The van der Waals surface area contributed by atoms with Crippen molar-refractivity contribution < 1.29 is 34.2 Å². The minimum absolute atomic E-state index is 0.398. The molecule has 0 rings (SSSR count). The predicted octanol–water partition coefficient (Wildman–Crippen LogP) is -4.63. The highest BCUT2D eigenvalue weighted by atomic mass is 16.4. The second-order valence-electron chi connectivity index (χ2n) is 4.84. The van der Waals surface area contributed by atoms with Crippen LogP contribution >= 0.6 is 0 Å². The van der Waals surface area contributed by atoms with Gasteiger partial charge in [-0.05, 0) is 6.92 Å². The maximum Gasteiger partial charge on any atom is 0.326 e. The summed E-state index contributed by atoms with van der Waals surface area (Å²) in [4.78, 5) is 56.2. The van der Waals surface area contributed by atoms with E-state index in [1.807, 2.05) is 5.32 Å². The van der Waals surface area contributed by atoms with Crippen LogP contribution in [-0.2, 0) is 24.0 Å². The largest absolute Gasteiger partial charge is 0.480 e. The maximum absolute atomic E-state index is 11.8. The molecule has 0 radical (unpaired) electrons. The number of nitrogens with two attached hydrogens (primary N) is 2. The van der Waals surface area contributed by atoms with Crippen molar-refractivity contribution in [3.05, 3.63) is 0 Å². The van der Waals surface area contributed by atoms with Crippen molar-refractivity contribution in [1.29, 1.82) is 0 Å². The van der Waals surface area contributed by atoms with Crippen LogP contribution in [-0.4, -0.2) is 71.1 Å². The molecule has 0 bridgehead atoms. The summed E-state index contributed by atoms with van der Waals surface area (Å²) in [5.74, 6) is -4.85. The van der Waals surface area contributed by atoms with Gasteiger partial charge in [0.05, 0.1) is 25.6 Å². The van der Waals surface area contributed by atoms with E-state index in [9.17, 15) is 29.1 Å². The number of carbonyl (C=O) groups is 5. The Kier molecular flexibility index (Phi) is 8.97. The van der Waals surface area contributed by atoms with Gasteiger partial charge < -0.3 is 37.6 Å². The van der Waals surface area contributed by atoms with Gasteiger partial charge >= 0.3 is 5.97 Å². The van der Waals surface area contributed by atoms with Crippen LogP contribution in [0.25, 0.3) is 0 Å². The smallest absolute Gasteiger partial charge is 0.326 e. The summed E-state index contributed by atoms with van der Waals surface area (Å²) in [5.41, 5.74) is 9.94. The van der Waals surface area contributed by atoms with Crippen molar-refractivity contribution in [2.45, 2.75) is 31.5 Å². The lowest BCUT2D eigenvalue weighted by Crippen LogP contribution is -2.55. The number of hydrogen-bond acceptors (Lipinski definition) is 7. The minimum atomic E-state index is -1.53. The molecule has 0 saturated carbocycles. The van der Waals surface area contributed by atoms with Crippen LogP contribution in [0.3, 0.4) is 0 Å². The Labute approximate surface area is 136 Å². The highest BCUT2D eigenvalue weighted by Crippen LogP contribution is 1.94. The van der Waals surface area contributed by atoms with Crippen LogP contribution in [0.4, 0.5) is 0 Å².